The number of halogens is 1. The van der Waals surface area contributed by atoms with E-state index in [-0.39, 0.29) is 18.2 Å². The highest BCUT2D eigenvalue weighted by molar-refractivity contribution is 7.88. The Labute approximate surface area is 169 Å². The summed E-state index contributed by atoms with van der Waals surface area (Å²) in [6, 6.07) is 13.4. The van der Waals surface area contributed by atoms with E-state index < -0.39 is 15.9 Å². The van der Waals surface area contributed by atoms with E-state index in [0.29, 0.717) is 41.2 Å². The summed E-state index contributed by atoms with van der Waals surface area (Å²) in [5.41, 5.74) is 1.14. The summed E-state index contributed by atoms with van der Waals surface area (Å²) in [7, 11) is -3.35. The van der Waals surface area contributed by atoms with Gasteiger partial charge in [-0.15, -0.1) is 0 Å². The van der Waals surface area contributed by atoms with E-state index in [2.05, 4.69) is 5.32 Å². The van der Waals surface area contributed by atoms with Gasteiger partial charge in [0.05, 0.1) is 17.9 Å². The average Bonchev–Trinajstić information content (AvgIpc) is 2.69. The lowest BCUT2D eigenvalue weighted by Gasteiger charge is -2.30. The zero-order chi connectivity index (χ0) is 20.3. The summed E-state index contributed by atoms with van der Waals surface area (Å²) in [6.07, 6.45) is 2.35. The van der Waals surface area contributed by atoms with Crippen LogP contribution in [0.1, 0.15) is 28.8 Å². The lowest BCUT2D eigenvalue weighted by Crippen LogP contribution is -2.43. The van der Waals surface area contributed by atoms with Crippen molar-refractivity contribution in [2.24, 2.45) is 5.92 Å². The zero-order valence-electron chi connectivity index (χ0n) is 15.4. The van der Waals surface area contributed by atoms with Gasteiger partial charge in [-0.25, -0.2) is 12.7 Å². The van der Waals surface area contributed by atoms with Crippen LogP contribution in [0.3, 0.4) is 0 Å². The number of ketones is 1. The van der Waals surface area contributed by atoms with Crippen molar-refractivity contribution in [3.8, 4) is 0 Å². The Bertz CT molecular complexity index is 993. The molecule has 0 bridgehead atoms. The number of rotatable bonds is 5. The largest absolute Gasteiger partial charge is 0.325 e. The molecule has 148 valence electrons. The first kappa shape index (κ1) is 20.5. The minimum absolute atomic E-state index is 0.139. The minimum Gasteiger partial charge on any atom is -0.325 e. The number of nitrogens with one attached hydrogen (secondary N) is 1. The van der Waals surface area contributed by atoms with Crippen molar-refractivity contribution in [2.75, 3.05) is 24.7 Å². The Morgan fingerprint density at radius 3 is 2.54 bits per heavy atom. The van der Waals surface area contributed by atoms with Crippen LogP contribution >= 0.6 is 11.6 Å². The van der Waals surface area contributed by atoms with E-state index in [1.54, 1.807) is 36.4 Å². The van der Waals surface area contributed by atoms with Crippen LogP contribution in [0.4, 0.5) is 5.69 Å². The van der Waals surface area contributed by atoms with E-state index in [1.165, 1.54) is 10.4 Å². The summed E-state index contributed by atoms with van der Waals surface area (Å²) in [5.74, 6) is -1.03. The molecule has 0 aromatic heterocycles. The molecule has 0 aliphatic carbocycles. The zero-order valence-corrected chi connectivity index (χ0v) is 17.0. The predicted molar refractivity (Wildman–Crippen MR) is 109 cm³/mol. The van der Waals surface area contributed by atoms with Gasteiger partial charge in [0.15, 0.2) is 5.78 Å². The Morgan fingerprint density at radius 1 is 1.14 bits per heavy atom. The number of hydrogen-bond donors (Lipinski definition) is 1. The molecule has 1 atom stereocenters. The summed E-state index contributed by atoms with van der Waals surface area (Å²) in [4.78, 5) is 25.6. The fraction of sp³-hybridized carbons (Fsp3) is 0.300. The van der Waals surface area contributed by atoms with E-state index in [9.17, 15) is 18.0 Å². The molecule has 1 heterocycles. The Morgan fingerprint density at radius 2 is 1.86 bits per heavy atom. The van der Waals surface area contributed by atoms with Crippen molar-refractivity contribution in [1.29, 1.82) is 0 Å². The number of hydrogen-bond acceptors (Lipinski definition) is 4. The molecular formula is C20H21ClN2O4S. The molecule has 1 aliphatic heterocycles. The fourth-order valence-electron chi connectivity index (χ4n) is 3.25. The molecule has 2 aromatic rings. The number of anilines is 1. The molecule has 0 unspecified atom stereocenters. The maximum atomic E-state index is 12.9. The van der Waals surface area contributed by atoms with Gasteiger partial charge < -0.3 is 5.32 Å². The van der Waals surface area contributed by atoms with Crippen LogP contribution in [0, 0.1) is 5.92 Å². The third kappa shape index (κ3) is 4.79. The summed E-state index contributed by atoms with van der Waals surface area (Å²) in [5, 5.41) is 3.18. The smallest absolute Gasteiger partial charge is 0.228 e. The van der Waals surface area contributed by atoms with Crippen LogP contribution in [-0.4, -0.2) is 43.8 Å². The number of sulfonamides is 1. The number of amides is 1. The lowest BCUT2D eigenvalue weighted by molar-refractivity contribution is -0.120. The van der Waals surface area contributed by atoms with Gasteiger partial charge in [-0.1, -0.05) is 41.9 Å². The maximum Gasteiger partial charge on any atom is 0.228 e. The lowest BCUT2D eigenvalue weighted by atomic mass is 9.97. The van der Waals surface area contributed by atoms with Crippen LogP contribution in [0.25, 0.3) is 0 Å². The van der Waals surface area contributed by atoms with Gasteiger partial charge in [0.25, 0.3) is 0 Å². The highest BCUT2D eigenvalue weighted by atomic mass is 35.5. The quantitative estimate of drug-likeness (QED) is 0.753. The second kappa shape index (κ2) is 8.43. The first-order chi connectivity index (χ1) is 13.3. The van der Waals surface area contributed by atoms with Crippen molar-refractivity contribution in [3.05, 3.63) is 64.7 Å². The second-order valence-electron chi connectivity index (χ2n) is 6.83. The van der Waals surface area contributed by atoms with E-state index in [0.717, 1.165) is 6.26 Å². The standard InChI is InChI=1S/C20H21ClN2O4S/c1-28(26,27)23-11-5-8-15(13-23)20(25)22-18-10-9-16(21)12-17(18)19(24)14-6-3-2-4-7-14/h2-4,6-7,9-10,12,15H,5,8,11,13H2,1H3,(H,22,25)/t15-/m1/s1. The van der Waals surface area contributed by atoms with E-state index >= 15 is 0 Å². The molecule has 1 saturated heterocycles. The SMILES string of the molecule is CS(=O)(=O)N1CCC[C@@H](C(=O)Nc2ccc(Cl)cc2C(=O)c2ccccc2)C1. The van der Waals surface area contributed by atoms with Gasteiger partial charge in [0.2, 0.25) is 15.9 Å². The monoisotopic (exact) mass is 420 g/mol. The fourth-order valence-corrected chi connectivity index (χ4v) is 4.33. The molecule has 3 rings (SSSR count). The highest BCUT2D eigenvalue weighted by Gasteiger charge is 2.30. The molecule has 1 fully saturated rings. The van der Waals surface area contributed by atoms with Crippen LogP contribution in [0.5, 0.6) is 0 Å². The Balaban J connectivity index is 1.82. The van der Waals surface area contributed by atoms with Gasteiger partial charge in [0, 0.05) is 29.2 Å². The maximum absolute atomic E-state index is 12.9. The van der Waals surface area contributed by atoms with Crippen LogP contribution < -0.4 is 5.32 Å². The van der Waals surface area contributed by atoms with Gasteiger partial charge in [-0.2, -0.15) is 0 Å². The van der Waals surface area contributed by atoms with Gasteiger partial charge >= 0.3 is 0 Å². The molecule has 6 nitrogen and oxygen atoms in total. The van der Waals surface area contributed by atoms with Crippen LogP contribution in [0.15, 0.2) is 48.5 Å². The van der Waals surface area contributed by atoms with Crippen molar-refractivity contribution >= 4 is 39.0 Å². The average molecular weight is 421 g/mol. The van der Waals surface area contributed by atoms with Crippen LogP contribution in [-0.2, 0) is 14.8 Å². The van der Waals surface area contributed by atoms with E-state index in [1.807, 2.05) is 6.07 Å². The Kier molecular flexibility index (Phi) is 6.17. The van der Waals surface area contributed by atoms with Gasteiger partial charge in [-0.05, 0) is 31.0 Å². The molecule has 2 aromatic carbocycles. The van der Waals surface area contributed by atoms with Crippen LogP contribution in [0.2, 0.25) is 5.02 Å². The summed E-state index contributed by atoms with van der Waals surface area (Å²) in [6.45, 7) is 0.557. The Hall–Kier alpha value is -2.22. The van der Waals surface area contributed by atoms with Crippen molar-refractivity contribution in [2.45, 2.75) is 12.8 Å². The normalized spacial score (nSPS) is 17.9. The first-order valence-corrected chi connectivity index (χ1v) is 11.1. The number of benzene rings is 2. The van der Waals surface area contributed by atoms with Crippen molar-refractivity contribution in [3.63, 3.8) is 0 Å². The molecule has 1 N–H and O–H groups in total. The number of carbonyl (C=O) groups excluding carboxylic acids is 2. The third-order valence-electron chi connectivity index (χ3n) is 4.74. The first-order valence-electron chi connectivity index (χ1n) is 8.91. The molecule has 8 heteroatoms. The highest BCUT2D eigenvalue weighted by Crippen LogP contribution is 2.26. The van der Waals surface area contributed by atoms with Gasteiger partial charge in [-0.3, -0.25) is 9.59 Å². The van der Waals surface area contributed by atoms with Gasteiger partial charge in [0.1, 0.15) is 0 Å². The molecule has 0 saturated carbocycles. The van der Waals surface area contributed by atoms with Crippen molar-refractivity contribution < 1.29 is 18.0 Å². The predicted octanol–water partition coefficient (Wildman–Crippen LogP) is 3.18. The number of carbonyl (C=O) groups is 2. The molecule has 28 heavy (non-hydrogen) atoms. The summed E-state index contributed by atoms with van der Waals surface area (Å²) < 4.78 is 24.9. The topological polar surface area (TPSA) is 83.6 Å². The van der Waals surface area contributed by atoms with E-state index in [4.69, 9.17) is 11.6 Å². The van der Waals surface area contributed by atoms with Crippen molar-refractivity contribution in [1.82, 2.24) is 4.31 Å². The molecule has 0 spiro atoms. The second-order valence-corrected chi connectivity index (χ2v) is 9.25. The third-order valence-corrected chi connectivity index (χ3v) is 6.25. The number of nitrogens with zero attached hydrogens (tertiary/aromatic N) is 1. The molecular weight excluding hydrogens is 400 g/mol. The number of piperidine rings is 1. The summed E-state index contributed by atoms with van der Waals surface area (Å²) >= 11 is 6.06. The molecule has 1 amide bonds. The molecule has 1 aliphatic rings. The molecule has 0 radical (unpaired) electrons. The minimum atomic E-state index is -3.35.